The summed E-state index contributed by atoms with van der Waals surface area (Å²) in [7, 11) is 0. The summed E-state index contributed by atoms with van der Waals surface area (Å²) >= 11 is 0. The van der Waals surface area contributed by atoms with Crippen LogP contribution in [0.1, 0.15) is 22.3 Å². The largest absolute Gasteiger partial charge is 0.456 e. The lowest BCUT2D eigenvalue weighted by Crippen LogP contribution is -2.28. The normalized spacial score (nSPS) is 12.7. The van der Waals surface area contributed by atoms with Crippen LogP contribution in [0.4, 0.5) is 17.1 Å². The van der Waals surface area contributed by atoms with Crippen LogP contribution in [0, 0.1) is 0 Å². The van der Waals surface area contributed by atoms with Gasteiger partial charge < -0.3 is 9.32 Å². The van der Waals surface area contributed by atoms with Gasteiger partial charge in [0.15, 0.2) is 0 Å². The number of furan rings is 1. The number of nitrogens with zero attached hydrogens (tertiary/aromatic N) is 1. The summed E-state index contributed by atoms with van der Waals surface area (Å²) < 4.78 is 6.66. The average Bonchev–Trinajstić information content (AvgIpc) is 3.81. The Labute approximate surface area is 332 Å². The molecule has 2 heteroatoms. The van der Waals surface area contributed by atoms with Crippen LogP contribution in [-0.2, 0) is 5.41 Å². The van der Waals surface area contributed by atoms with Crippen molar-refractivity contribution in [1.29, 1.82) is 0 Å². The van der Waals surface area contributed by atoms with Crippen LogP contribution in [0.25, 0.3) is 55.3 Å². The Hall–Kier alpha value is -7.42. The lowest BCUT2D eigenvalue weighted by molar-refractivity contribution is 0.668. The van der Waals surface area contributed by atoms with E-state index in [0.717, 1.165) is 50.1 Å². The molecule has 0 radical (unpaired) electrons. The fourth-order valence-electron chi connectivity index (χ4n) is 9.18. The van der Waals surface area contributed by atoms with Gasteiger partial charge in [0.25, 0.3) is 0 Å². The SMILES string of the molecule is c1ccc(-c2ccc(N(c3ccccc3)c3cccc(-c4ccc5c(c4)oc4ccc(C6(c7ccccc7)c7ccccc7-c7ccccc76)cc45)c3)cc2)cc1. The van der Waals surface area contributed by atoms with Crippen molar-refractivity contribution in [2.45, 2.75) is 5.41 Å². The van der Waals surface area contributed by atoms with Crippen molar-refractivity contribution >= 4 is 39.0 Å². The summed E-state index contributed by atoms with van der Waals surface area (Å²) in [6.45, 7) is 0. The second-order valence-corrected chi connectivity index (χ2v) is 14.9. The minimum atomic E-state index is -0.459. The molecule has 268 valence electrons. The molecular formula is C55H37NO. The van der Waals surface area contributed by atoms with Gasteiger partial charge in [-0.1, -0.05) is 164 Å². The molecule has 0 unspecified atom stereocenters. The van der Waals surface area contributed by atoms with Gasteiger partial charge in [-0.15, -0.1) is 0 Å². The Morgan fingerprint density at radius 2 is 0.860 bits per heavy atom. The Kier molecular flexibility index (Phi) is 7.75. The molecule has 0 fully saturated rings. The molecule has 1 heterocycles. The van der Waals surface area contributed by atoms with Gasteiger partial charge in [0.05, 0.1) is 5.41 Å². The third-order valence-electron chi connectivity index (χ3n) is 11.7. The zero-order valence-electron chi connectivity index (χ0n) is 31.2. The number of rotatable bonds is 7. The van der Waals surface area contributed by atoms with Crippen LogP contribution < -0.4 is 4.90 Å². The third-order valence-corrected chi connectivity index (χ3v) is 11.7. The molecule has 57 heavy (non-hydrogen) atoms. The van der Waals surface area contributed by atoms with Gasteiger partial charge in [-0.25, -0.2) is 0 Å². The van der Waals surface area contributed by atoms with E-state index in [-0.39, 0.29) is 0 Å². The van der Waals surface area contributed by atoms with E-state index in [1.54, 1.807) is 0 Å². The predicted octanol–water partition coefficient (Wildman–Crippen LogP) is 14.8. The highest BCUT2D eigenvalue weighted by Gasteiger charge is 2.46. The molecule has 0 bridgehead atoms. The summed E-state index contributed by atoms with van der Waals surface area (Å²) in [5, 5.41) is 2.23. The highest BCUT2D eigenvalue weighted by Crippen LogP contribution is 2.56. The van der Waals surface area contributed by atoms with Gasteiger partial charge in [0, 0.05) is 27.8 Å². The maximum atomic E-state index is 6.66. The quantitative estimate of drug-likeness (QED) is 0.163. The highest BCUT2D eigenvalue weighted by atomic mass is 16.3. The molecule has 1 aromatic heterocycles. The van der Waals surface area contributed by atoms with Crippen molar-refractivity contribution < 1.29 is 4.42 Å². The van der Waals surface area contributed by atoms with Gasteiger partial charge in [-0.2, -0.15) is 0 Å². The Morgan fingerprint density at radius 3 is 1.58 bits per heavy atom. The van der Waals surface area contributed by atoms with E-state index in [1.165, 1.54) is 44.5 Å². The Balaban J connectivity index is 1.01. The topological polar surface area (TPSA) is 16.4 Å². The van der Waals surface area contributed by atoms with Gasteiger partial charge >= 0.3 is 0 Å². The maximum absolute atomic E-state index is 6.66. The molecule has 2 nitrogen and oxygen atoms in total. The minimum absolute atomic E-state index is 0.459. The van der Waals surface area contributed by atoms with Crippen LogP contribution in [0.2, 0.25) is 0 Å². The standard InChI is InChI=1S/C55H37NO/c1-4-15-38(16-5-1)39-27-31-45(32-28-39)56(44-20-8-3-9-21-44)46-22-14-17-40(35-46)41-29-33-49-50-37-43(30-34-53(50)57-54(49)36-41)55(42-18-6-2-7-19-42)51-25-12-10-23-47(51)48-24-11-13-26-52(48)55/h1-37H. The van der Waals surface area contributed by atoms with Gasteiger partial charge in [0.2, 0.25) is 0 Å². The third kappa shape index (κ3) is 5.33. The van der Waals surface area contributed by atoms with Crippen molar-refractivity contribution in [3.63, 3.8) is 0 Å². The average molecular weight is 728 g/mol. The van der Waals surface area contributed by atoms with Crippen molar-refractivity contribution in [1.82, 2.24) is 0 Å². The molecule has 9 aromatic carbocycles. The fraction of sp³-hybridized carbons (Fsp3) is 0.0182. The van der Waals surface area contributed by atoms with E-state index in [1.807, 2.05) is 0 Å². The maximum Gasteiger partial charge on any atom is 0.136 e. The molecule has 0 aliphatic heterocycles. The van der Waals surface area contributed by atoms with Crippen molar-refractivity contribution in [2.24, 2.45) is 0 Å². The monoisotopic (exact) mass is 727 g/mol. The zero-order chi connectivity index (χ0) is 37.8. The fourth-order valence-corrected chi connectivity index (χ4v) is 9.18. The number of benzene rings is 9. The van der Waals surface area contributed by atoms with E-state index >= 15 is 0 Å². The molecule has 10 aromatic rings. The second-order valence-electron chi connectivity index (χ2n) is 14.9. The Morgan fingerprint density at radius 1 is 0.316 bits per heavy atom. The number of anilines is 3. The minimum Gasteiger partial charge on any atom is -0.456 e. The molecule has 0 spiro atoms. The molecule has 1 aliphatic rings. The first kappa shape index (κ1) is 33.0. The van der Waals surface area contributed by atoms with Crippen LogP contribution in [0.5, 0.6) is 0 Å². The second kappa shape index (κ2) is 13.4. The summed E-state index contributed by atoms with van der Waals surface area (Å²) in [5.41, 5.74) is 16.9. The van der Waals surface area contributed by atoms with E-state index < -0.39 is 5.41 Å². The highest BCUT2D eigenvalue weighted by molar-refractivity contribution is 6.06. The van der Waals surface area contributed by atoms with Gasteiger partial charge in [-0.05, 0) is 116 Å². The first-order chi connectivity index (χ1) is 28.3. The first-order valence-electron chi connectivity index (χ1n) is 19.6. The summed E-state index contributed by atoms with van der Waals surface area (Å²) in [6, 6.07) is 81.0. The number of para-hydroxylation sites is 1. The number of hydrogen-bond acceptors (Lipinski definition) is 2. The van der Waals surface area contributed by atoms with Gasteiger partial charge in [0.1, 0.15) is 11.2 Å². The number of hydrogen-bond donors (Lipinski definition) is 0. The number of fused-ring (bicyclic) bond motifs is 6. The molecule has 11 rings (SSSR count). The summed E-state index contributed by atoms with van der Waals surface area (Å²) in [4.78, 5) is 2.32. The lowest BCUT2D eigenvalue weighted by Gasteiger charge is -2.33. The molecule has 0 saturated carbocycles. The van der Waals surface area contributed by atoms with E-state index in [0.29, 0.717) is 0 Å². The van der Waals surface area contributed by atoms with Crippen LogP contribution in [0.15, 0.2) is 229 Å². The van der Waals surface area contributed by atoms with Crippen LogP contribution >= 0.6 is 0 Å². The van der Waals surface area contributed by atoms with E-state index in [9.17, 15) is 0 Å². The lowest BCUT2D eigenvalue weighted by atomic mass is 9.67. The van der Waals surface area contributed by atoms with Crippen LogP contribution in [-0.4, -0.2) is 0 Å². The molecule has 0 atom stereocenters. The van der Waals surface area contributed by atoms with E-state index in [4.69, 9.17) is 4.42 Å². The predicted molar refractivity (Wildman–Crippen MR) is 237 cm³/mol. The molecule has 0 saturated heterocycles. The van der Waals surface area contributed by atoms with Crippen molar-refractivity contribution in [3.8, 4) is 33.4 Å². The summed E-state index contributed by atoms with van der Waals surface area (Å²) in [5.74, 6) is 0. The van der Waals surface area contributed by atoms with Gasteiger partial charge in [-0.3, -0.25) is 0 Å². The molecule has 1 aliphatic carbocycles. The zero-order valence-corrected chi connectivity index (χ0v) is 31.2. The first-order valence-corrected chi connectivity index (χ1v) is 19.6. The Bertz CT molecular complexity index is 3010. The molecule has 0 amide bonds. The van der Waals surface area contributed by atoms with Crippen molar-refractivity contribution in [2.75, 3.05) is 4.90 Å². The smallest absolute Gasteiger partial charge is 0.136 e. The van der Waals surface area contributed by atoms with Crippen LogP contribution in [0.3, 0.4) is 0 Å². The van der Waals surface area contributed by atoms with Crippen molar-refractivity contribution in [3.05, 3.63) is 247 Å². The summed E-state index contributed by atoms with van der Waals surface area (Å²) in [6.07, 6.45) is 0. The molecule has 0 N–H and O–H groups in total. The molecular weight excluding hydrogens is 691 g/mol. The van der Waals surface area contributed by atoms with E-state index in [2.05, 4.69) is 229 Å².